The predicted octanol–water partition coefficient (Wildman–Crippen LogP) is 3.05. The normalized spacial score (nSPS) is 10.9. The second kappa shape index (κ2) is 6.08. The first-order valence-corrected chi connectivity index (χ1v) is 6.47. The zero-order valence-corrected chi connectivity index (χ0v) is 12.3. The van der Waals surface area contributed by atoms with Crippen LogP contribution in [0.3, 0.4) is 0 Å². The number of methoxy groups -OCH3 is 1. The summed E-state index contributed by atoms with van der Waals surface area (Å²) in [7, 11) is 3.27. The molecule has 2 aromatic rings. The fraction of sp³-hybridized carbons (Fsp3) is 0.308. The van der Waals surface area contributed by atoms with E-state index in [1.807, 2.05) is 24.1 Å². The molecular formula is C13H14BrNO4. The molecule has 0 fully saturated rings. The Morgan fingerprint density at radius 1 is 1.21 bits per heavy atom. The lowest BCUT2D eigenvalue weighted by Crippen LogP contribution is -2.16. The average molecular weight is 328 g/mol. The summed E-state index contributed by atoms with van der Waals surface area (Å²) in [4.78, 5) is 13.3. The van der Waals surface area contributed by atoms with Crippen molar-refractivity contribution < 1.29 is 18.4 Å². The maximum Gasteiger partial charge on any atom is 0.373 e. The molecule has 0 saturated heterocycles. The molecule has 19 heavy (non-hydrogen) atoms. The van der Waals surface area contributed by atoms with Crippen molar-refractivity contribution in [3.8, 4) is 0 Å². The van der Waals surface area contributed by atoms with Crippen molar-refractivity contribution in [1.29, 1.82) is 0 Å². The first-order valence-electron chi connectivity index (χ1n) is 5.68. The summed E-state index contributed by atoms with van der Waals surface area (Å²) in [5, 5.41) is 0. The first kappa shape index (κ1) is 13.9. The van der Waals surface area contributed by atoms with E-state index in [1.165, 1.54) is 7.11 Å². The third kappa shape index (κ3) is 3.71. The molecule has 0 radical (unpaired) electrons. The number of hydrogen-bond donors (Lipinski definition) is 0. The Morgan fingerprint density at radius 2 is 1.84 bits per heavy atom. The highest BCUT2D eigenvalue weighted by Crippen LogP contribution is 2.17. The Morgan fingerprint density at radius 3 is 2.42 bits per heavy atom. The molecule has 102 valence electrons. The van der Waals surface area contributed by atoms with Crippen LogP contribution >= 0.6 is 15.9 Å². The maximum atomic E-state index is 11.3. The molecule has 0 aliphatic rings. The SMILES string of the molecule is COC(=O)c1ccc(CN(C)Cc2ccc(Br)o2)o1. The van der Waals surface area contributed by atoms with E-state index in [0.29, 0.717) is 23.5 Å². The van der Waals surface area contributed by atoms with Gasteiger partial charge in [-0.2, -0.15) is 0 Å². The van der Waals surface area contributed by atoms with Gasteiger partial charge in [0.2, 0.25) is 5.76 Å². The van der Waals surface area contributed by atoms with Crippen molar-refractivity contribution in [2.45, 2.75) is 13.1 Å². The minimum absolute atomic E-state index is 0.214. The van der Waals surface area contributed by atoms with E-state index in [-0.39, 0.29) is 5.76 Å². The number of halogens is 1. The minimum Gasteiger partial charge on any atom is -0.463 e. The number of nitrogens with zero attached hydrogens (tertiary/aromatic N) is 1. The van der Waals surface area contributed by atoms with Crippen LogP contribution < -0.4 is 0 Å². The van der Waals surface area contributed by atoms with Gasteiger partial charge in [-0.15, -0.1) is 0 Å². The third-order valence-corrected chi connectivity index (χ3v) is 2.95. The fourth-order valence-electron chi connectivity index (χ4n) is 1.70. The molecule has 2 heterocycles. The summed E-state index contributed by atoms with van der Waals surface area (Å²) in [6, 6.07) is 7.13. The molecule has 0 amide bonds. The Labute approximate surface area is 119 Å². The molecule has 0 aliphatic carbocycles. The van der Waals surface area contributed by atoms with E-state index < -0.39 is 5.97 Å². The van der Waals surface area contributed by atoms with Crippen LogP contribution in [0.1, 0.15) is 22.1 Å². The molecule has 0 unspecified atom stereocenters. The molecule has 0 aromatic carbocycles. The van der Waals surface area contributed by atoms with Gasteiger partial charge >= 0.3 is 5.97 Å². The van der Waals surface area contributed by atoms with Crippen molar-refractivity contribution in [2.24, 2.45) is 0 Å². The van der Waals surface area contributed by atoms with Crippen LogP contribution in [0.25, 0.3) is 0 Å². The fourth-order valence-corrected chi connectivity index (χ4v) is 2.04. The lowest BCUT2D eigenvalue weighted by molar-refractivity contribution is 0.0561. The van der Waals surface area contributed by atoms with Crippen LogP contribution in [-0.2, 0) is 17.8 Å². The number of rotatable bonds is 5. The van der Waals surface area contributed by atoms with E-state index in [1.54, 1.807) is 12.1 Å². The summed E-state index contributed by atoms with van der Waals surface area (Å²) >= 11 is 3.26. The van der Waals surface area contributed by atoms with E-state index >= 15 is 0 Å². The first-order chi connectivity index (χ1) is 9.08. The van der Waals surface area contributed by atoms with E-state index in [0.717, 1.165) is 5.76 Å². The molecule has 0 N–H and O–H groups in total. The van der Waals surface area contributed by atoms with Gasteiger partial charge in [-0.3, -0.25) is 4.90 Å². The molecule has 2 rings (SSSR count). The van der Waals surface area contributed by atoms with Gasteiger partial charge in [-0.05, 0) is 47.2 Å². The third-order valence-electron chi connectivity index (χ3n) is 2.53. The zero-order chi connectivity index (χ0) is 13.8. The van der Waals surface area contributed by atoms with Gasteiger partial charge in [-0.1, -0.05) is 0 Å². The van der Waals surface area contributed by atoms with Crippen molar-refractivity contribution >= 4 is 21.9 Å². The summed E-state index contributed by atoms with van der Waals surface area (Å²) in [5.74, 6) is 1.30. The molecule has 6 heteroatoms. The summed E-state index contributed by atoms with van der Waals surface area (Å²) in [5.41, 5.74) is 0. The molecule has 0 spiro atoms. The summed E-state index contributed by atoms with van der Waals surface area (Å²) in [6.07, 6.45) is 0. The van der Waals surface area contributed by atoms with Crippen LogP contribution in [0.4, 0.5) is 0 Å². The standard InChI is InChI=1S/C13H14BrNO4/c1-15(8-10-4-6-12(14)19-10)7-9-3-5-11(18-9)13(16)17-2/h3-6H,7-8H2,1-2H3. The molecule has 0 atom stereocenters. The highest BCUT2D eigenvalue weighted by Gasteiger charge is 2.13. The van der Waals surface area contributed by atoms with Crippen molar-refractivity contribution in [2.75, 3.05) is 14.2 Å². The molecule has 0 bridgehead atoms. The monoisotopic (exact) mass is 327 g/mol. The van der Waals surface area contributed by atoms with Crippen molar-refractivity contribution in [3.63, 3.8) is 0 Å². The number of carbonyl (C=O) groups is 1. The molecule has 0 saturated carbocycles. The highest BCUT2D eigenvalue weighted by molar-refractivity contribution is 9.10. The van der Waals surface area contributed by atoms with Crippen LogP contribution in [0.2, 0.25) is 0 Å². The quantitative estimate of drug-likeness (QED) is 0.790. The van der Waals surface area contributed by atoms with Crippen LogP contribution in [0, 0.1) is 0 Å². The van der Waals surface area contributed by atoms with Gasteiger partial charge in [0.15, 0.2) is 4.67 Å². The van der Waals surface area contributed by atoms with Crippen molar-refractivity contribution in [3.05, 3.63) is 46.2 Å². The highest BCUT2D eigenvalue weighted by atomic mass is 79.9. The van der Waals surface area contributed by atoms with Gasteiger partial charge in [0, 0.05) is 0 Å². The Balaban J connectivity index is 1.93. The van der Waals surface area contributed by atoms with Crippen LogP contribution in [0.15, 0.2) is 37.8 Å². The predicted molar refractivity (Wildman–Crippen MR) is 71.6 cm³/mol. The number of ether oxygens (including phenoxy) is 1. The molecule has 2 aromatic heterocycles. The average Bonchev–Trinajstić information content (AvgIpc) is 2.98. The van der Waals surface area contributed by atoms with E-state index in [2.05, 4.69) is 20.7 Å². The van der Waals surface area contributed by atoms with Crippen molar-refractivity contribution in [1.82, 2.24) is 4.90 Å². The van der Waals surface area contributed by atoms with Crippen LogP contribution in [-0.4, -0.2) is 25.0 Å². The van der Waals surface area contributed by atoms with Gasteiger partial charge in [0.25, 0.3) is 0 Å². The largest absolute Gasteiger partial charge is 0.463 e. The number of esters is 1. The zero-order valence-electron chi connectivity index (χ0n) is 10.7. The van der Waals surface area contributed by atoms with Gasteiger partial charge in [0.1, 0.15) is 11.5 Å². The molecule has 0 aliphatic heterocycles. The number of carbonyl (C=O) groups excluding carboxylic acids is 1. The Kier molecular flexibility index (Phi) is 4.44. The van der Waals surface area contributed by atoms with Crippen LogP contribution in [0.5, 0.6) is 0 Å². The Hall–Kier alpha value is -1.53. The van der Waals surface area contributed by atoms with Gasteiger partial charge in [-0.25, -0.2) is 4.79 Å². The van der Waals surface area contributed by atoms with Gasteiger partial charge in [0.05, 0.1) is 20.2 Å². The summed E-state index contributed by atoms with van der Waals surface area (Å²) in [6.45, 7) is 1.23. The number of furan rings is 2. The Bertz CT molecular complexity index is 560. The summed E-state index contributed by atoms with van der Waals surface area (Å²) < 4.78 is 16.1. The number of hydrogen-bond acceptors (Lipinski definition) is 5. The smallest absolute Gasteiger partial charge is 0.373 e. The van der Waals surface area contributed by atoms with E-state index in [9.17, 15) is 4.79 Å². The molecular weight excluding hydrogens is 314 g/mol. The van der Waals surface area contributed by atoms with Gasteiger partial charge < -0.3 is 13.6 Å². The van der Waals surface area contributed by atoms with E-state index in [4.69, 9.17) is 8.83 Å². The lowest BCUT2D eigenvalue weighted by Gasteiger charge is -2.12. The second-order valence-electron chi connectivity index (χ2n) is 4.14. The topological polar surface area (TPSA) is 55.8 Å². The molecule has 5 nitrogen and oxygen atoms in total. The maximum absolute atomic E-state index is 11.3. The second-order valence-corrected chi connectivity index (χ2v) is 4.92. The minimum atomic E-state index is -0.469. The lowest BCUT2D eigenvalue weighted by atomic mass is 10.3.